The minimum Gasteiger partial charge on any atom is -0.309 e. The molecule has 2 aliphatic rings. The summed E-state index contributed by atoms with van der Waals surface area (Å²) >= 11 is 0. The van der Waals surface area contributed by atoms with Gasteiger partial charge in [-0.05, 0) is 81.9 Å². The van der Waals surface area contributed by atoms with Gasteiger partial charge in [0.05, 0.1) is 22.7 Å². The van der Waals surface area contributed by atoms with Crippen molar-refractivity contribution in [1.82, 2.24) is 0 Å². The Hall–Kier alpha value is -6.90. The maximum atomic E-state index is 2.40. The number of nitrogens with zero attached hydrogens (tertiary/aromatic N) is 2. The Morgan fingerprint density at radius 2 is 0.462 bits per heavy atom. The molecule has 8 aromatic carbocycles. The highest BCUT2D eigenvalue weighted by Crippen LogP contribution is 2.52. The van der Waals surface area contributed by atoms with Crippen molar-refractivity contribution < 1.29 is 0 Å². The highest BCUT2D eigenvalue weighted by atomic mass is 15.2. The molecule has 2 heterocycles. The lowest BCUT2D eigenvalue weighted by Crippen LogP contribution is -2.10. The first-order chi connectivity index (χ1) is 25.8. The second kappa shape index (κ2) is 12.5. The van der Waals surface area contributed by atoms with Gasteiger partial charge in [-0.2, -0.15) is 0 Å². The van der Waals surface area contributed by atoms with Gasteiger partial charge in [0, 0.05) is 33.6 Å². The second-order valence-electron chi connectivity index (χ2n) is 13.3. The average molecular weight is 663 g/mol. The van der Waals surface area contributed by atoms with Gasteiger partial charge in [-0.15, -0.1) is 0 Å². The molecule has 0 unspecified atom stereocenters. The van der Waals surface area contributed by atoms with E-state index in [9.17, 15) is 0 Å². The van der Waals surface area contributed by atoms with E-state index < -0.39 is 0 Å². The van der Waals surface area contributed by atoms with Crippen molar-refractivity contribution in [3.05, 3.63) is 205 Å². The lowest BCUT2D eigenvalue weighted by atomic mass is 9.95. The van der Waals surface area contributed by atoms with Gasteiger partial charge < -0.3 is 9.80 Å². The fraction of sp³-hybridized carbons (Fsp3) is 0. The average Bonchev–Trinajstić information content (AvgIpc) is 3.42. The minimum atomic E-state index is 1.13. The first-order valence-electron chi connectivity index (χ1n) is 17.9. The fourth-order valence-electron chi connectivity index (χ4n) is 7.97. The van der Waals surface area contributed by atoms with Crippen LogP contribution in [-0.4, -0.2) is 0 Å². The molecule has 0 aliphatic carbocycles. The first kappa shape index (κ1) is 30.0. The van der Waals surface area contributed by atoms with Crippen LogP contribution in [-0.2, 0) is 0 Å². The van der Waals surface area contributed by atoms with Crippen molar-refractivity contribution in [3.8, 4) is 44.5 Å². The van der Waals surface area contributed by atoms with Gasteiger partial charge in [-0.25, -0.2) is 0 Å². The van der Waals surface area contributed by atoms with Crippen LogP contribution < -0.4 is 9.80 Å². The zero-order valence-corrected chi connectivity index (χ0v) is 28.5. The first-order valence-corrected chi connectivity index (χ1v) is 17.9. The molecule has 52 heavy (non-hydrogen) atoms. The third-order valence-electron chi connectivity index (χ3n) is 10.4. The standard InChI is InChI=1S/C50H34N2/c1-2-14-40-39(13-1)43-17-5-9-21-47(43)51(48-22-10-6-18-44(40)48)37-31-27-35(28-32-37)25-26-36-29-33-38(34-30-36)52-49-23-11-7-19-45(49)41-15-3-4-16-42(41)46-20-8-12-24-50(46)52/h1-34H. The molecule has 0 radical (unpaired) electrons. The molecule has 0 spiro atoms. The Bertz CT molecular complexity index is 2310. The molecule has 0 bridgehead atoms. The monoisotopic (exact) mass is 662 g/mol. The summed E-state index contributed by atoms with van der Waals surface area (Å²) in [7, 11) is 0. The van der Waals surface area contributed by atoms with E-state index in [4.69, 9.17) is 0 Å². The van der Waals surface area contributed by atoms with E-state index in [1.165, 1.54) is 67.3 Å². The summed E-state index contributed by atoms with van der Waals surface area (Å²) in [5, 5.41) is 0. The Balaban J connectivity index is 0.967. The molecule has 244 valence electrons. The topological polar surface area (TPSA) is 6.48 Å². The largest absolute Gasteiger partial charge is 0.309 e. The molecule has 2 aliphatic heterocycles. The number of hydrogen-bond donors (Lipinski definition) is 0. The van der Waals surface area contributed by atoms with Gasteiger partial charge in [0.1, 0.15) is 0 Å². The summed E-state index contributed by atoms with van der Waals surface area (Å²) in [5.41, 5.74) is 19.3. The van der Waals surface area contributed by atoms with Crippen LogP contribution in [0.1, 0.15) is 11.1 Å². The van der Waals surface area contributed by atoms with E-state index in [1.807, 2.05) is 0 Å². The van der Waals surface area contributed by atoms with Crippen LogP contribution >= 0.6 is 0 Å². The van der Waals surface area contributed by atoms with Gasteiger partial charge in [-0.1, -0.05) is 158 Å². The van der Waals surface area contributed by atoms with E-state index in [1.54, 1.807) is 0 Å². The van der Waals surface area contributed by atoms with Gasteiger partial charge in [0.25, 0.3) is 0 Å². The van der Waals surface area contributed by atoms with Crippen LogP contribution in [0.5, 0.6) is 0 Å². The second-order valence-corrected chi connectivity index (χ2v) is 13.3. The van der Waals surface area contributed by atoms with Crippen LogP contribution in [0.2, 0.25) is 0 Å². The smallest absolute Gasteiger partial charge is 0.0540 e. The Kier molecular flexibility index (Phi) is 7.18. The summed E-state index contributed by atoms with van der Waals surface area (Å²) in [6.45, 7) is 0. The molecule has 0 fully saturated rings. The van der Waals surface area contributed by atoms with E-state index in [-0.39, 0.29) is 0 Å². The third kappa shape index (κ3) is 4.96. The molecule has 0 aromatic heterocycles. The number of rotatable bonds is 4. The molecular formula is C50H34N2. The molecule has 2 heteroatoms. The fourth-order valence-corrected chi connectivity index (χ4v) is 7.97. The Morgan fingerprint density at radius 3 is 0.731 bits per heavy atom. The molecule has 10 rings (SSSR count). The van der Waals surface area contributed by atoms with Gasteiger partial charge in [0.15, 0.2) is 0 Å². The van der Waals surface area contributed by atoms with Crippen molar-refractivity contribution in [2.75, 3.05) is 9.80 Å². The molecule has 2 nitrogen and oxygen atoms in total. The highest BCUT2D eigenvalue weighted by molar-refractivity contribution is 6.03. The Labute approximate surface area is 304 Å². The molecule has 0 saturated carbocycles. The molecule has 0 amide bonds. The maximum absolute atomic E-state index is 2.40. The molecule has 0 atom stereocenters. The molecule has 0 saturated heterocycles. The normalized spacial score (nSPS) is 12.5. The summed E-state index contributed by atoms with van der Waals surface area (Å²) in [5.74, 6) is 0. The van der Waals surface area contributed by atoms with E-state index in [0.29, 0.717) is 0 Å². The molecule has 0 N–H and O–H groups in total. The van der Waals surface area contributed by atoms with E-state index in [0.717, 1.165) is 22.5 Å². The minimum absolute atomic E-state index is 1.13. The van der Waals surface area contributed by atoms with E-state index in [2.05, 4.69) is 216 Å². The van der Waals surface area contributed by atoms with Crippen LogP contribution in [0.15, 0.2) is 194 Å². The number of fused-ring (bicyclic) bond motifs is 10. The van der Waals surface area contributed by atoms with Crippen LogP contribution in [0.25, 0.3) is 56.7 Å². The molecule has 8 aromatic rings. The number of para-hydroxylation sites is 4. The zero-order chi connectivity index (χ0) is 34.4. The number of hydrogen-bond acceptors (Lipinski definition) is 2. The zero-order valence-electron chi connectivity index (χ0n) is 28.5. The number of anilines is 6. The Morgan fingerprint density at radius 1 is 0.231 bits per heavy atom. The van der Waals surface area contributed by atoms with Crippen molar-refractivity contribution in [2.24, 2.45) is 0 Å². The summed E-state index contributed by atoms with van der Waals surface area (Å²) in [4.78, 5) is 4.79. The lowest BCUT2D eigenvalue weighted by Gasteiger charge is -2.27. The van der Waals surface area contributed by atoms with E-state index >= 15 is 0 Å². The van der Waals surface area contributed by atoms with Crippen LogP contribution in [0.4, 0.5) is 34.1 Å². The number of benzene rings is 8. The summed E-state index contributed by atoms with van der Waals surface area (Å²) < 4.78 is 0. The quantitative estimate of drug-likeness (QED) is 0.173. The van der Waals surface area contributed by atoms with Crippen molar-refractivity contribution in [2.45, 2.75) is 0 Å². The predicted octanol–water partition coefficient (Wildman–Crippen LogP) is 14.1. The molecular weight excluding hydrogens is 629 g/mol. The maximum Gasteiger partial charge on any atom is 0.0540 e. The van der Waals surface area contributed by atoms with Crippen LogP contribution in [0.3, 0.4) is 0 Å². The van der Waals surface area contributed by atoms with Crippen molar-refractivity contribution in [3.63, 3.8) is 0 Å². The van der Waals surface area contributed by atoms with Gasteiger partial charge >= 0.3 is 0 Å². The van der Waals surface area contributed by atoms with Gasteiger partial charge in [0.2, 0.25) is 0 Å². The predicted molar refractivity (Wildman–Crippen MR) is 220 cm³/mol. The van der Waals surface area contributed by atoms with Gasteiger partial charge in [-0.3, -0.25) is 0 Å². The van der Waals surface area contributed by atoms with Crippen molar-refractivity contribution >= 4 is 46.3 Å². The summed E-state index contributed by atoms with van der Waals surface area (Å²) in [6, 6.07) is 70.2. The third-order valence-corrected chi connectivity index (χ3v) is 10.4. The highest BCUT2D eigenvalue weighted by Gasteiger charge is 2.26. The summed E-state index contributed by atoms with van der Waals surface area (Å²) in [6.07, 6.45) is 4.40. The van der Waals surface area contributed by atoms with Crippen LogP contribution in [0, 0.1) is 0 Å². The SMILES string of the molecule is C(=Cc1ccc(N2c3ccccc3-c3ccccc3-c3ccccc32)cc1)c1ccc(N2c3ccccc3-c3ccccc3-c3ccccc32)cc1. The van der Waals surface area contributed by atoms with Crippen molar-refractivity contribution in [1.29, 1.82) is 0 Å². The lowest BCUT2D eigenvalue weighted by molar-refractivity contribution is 1.29.